The third-order valence-corrected chi connectivity index (χ3v) is 3.66. The number of rotatable bonds is 5. The molecule has 1 atom stereocenters. The predicted octanol–water partition coefficient (Wildman–Crippen LogP) is 1.24. The summed E-state index contributed by atoms with van der Waals surface area (Å²) in [6, 6.07) is 6.29. The second-order valence-electron chi connectivity index (χ2n) is 5.28. The van der Waals surface area contributed by atoms with Gasteiger partial charge in [0.2, 0.25) is 5.91 Å². The molecule has 1 aromatic carbocycles. The highest BCUT2D eigenvalue weighted by molar-refractivity contribution is 5.78. The summed E-state index contributed by atoms with van der Waals surface area (Å²) >= 11 is 0. The van der Waals surface area contributed by atoms with E-state index in [9.17, 15) is 14.0 Å². The number of hydrogen-bond donors (Lipinski definition) is 2. The molecule has 1 unspecified atom stereocenters. The maximum atomic E-state index is 13.4. The number of nitrogens with zero attached hydrogens (tertiary/aromatic N) is 1. The third-order valence-electron chi connectivity index (χ3n) is 3.66. The van der Waals surface area contributed by atoms with E-state index in [1.54, 1.807) is 18.2 Å². The molecule has 1 fully saturated rings. The molecule has 6 heteroatoms. The molecule has 1 aliphatic rings. The molecule has 2 rings (SSSR count). The van der Waals surface area contributed by atoms with Crippen molar-refractivity contribution < 1.29 is 19.1 Å². The van der Waals surface area contributed by atoms with Crippen molar-refractivity contribution in [2.24, 2.45) is 5.92 Å². The third kappa shape index (κ3) is 4.53. The number of carbonyl (C=O) groups is 2. The first-order valence-electron chi connectivity index (χ1n) is 7.01. The summed E-state index contributed by atoms with van der Waals surface area (Å²) in [5, 5.41) is 11.7. The van der Waals surface area contributed by atoms with Crippen LogP contribution < -0.4 is 5.32 Å². The molecule has 0 radical (unpaired) electrons. The predicted molar refractivity (Wildman–Crippen MR) is 75.0 cm³/mol. The van der Waals surface area contributed by atoms with Crippen molar-refractivity contribution in [2.75, 3.05) is 19.6 Å². The number of nitrogens with one attached hydrogen (secondary N) is 1. The average Bonchev–Trinajstić information content (AvgIpc) is 2.46. The van der Waals surface area contributed by atoms with Gasteiger partial charge >= 0.3 is 5.97 Å². The lowest BCUT2D eigenvalue weighted by atomic mass is 9.98. The Labute approximate surface area is 122 Å². The summed E-state index contributed by atoms with van der Waals surface area (Å²) in [5.41, 5.74) is 0.438. The molecule has 1 aliphatic heterocycles. The zero-order chi connectivity index (χ0) is 15.2. The van der Waals surface area contributed by atoms with Crippen LogP contribution in [0.15, 0.2) is 24.3 Å². The lowest BCUT2D eigenvalue weighted by Gasteiger charge is -2.29. The van der Waals surface area contributed by atoms with Gasteiger partial charge < -0.3 is 10.4 Å². The molecule has 0 spiro atoms. The highest BCUT2D eigenvalue weighted by Gasteiger charge is 2.26. The van der Waals surface area contributed by atoms with Crippen molar-refractivity contribution in [3.8, 4) is 0 Å². The van der Waals surface area contributed by atoms with Crippen LogP contribution in [0.25, 0.3) is 0 Å². The fraction of sp³-hybridized carbons (Fsp3) is 0.467. The molecule has 0 saturated carbocycles. The number of amides is 1. The van der Waals surface area contributed by atoms with Gasteiger partial charge in [0.25, 0.3) is 0 Å². The average molecular weight is 294 g/mol. The molecule has 0 bridgehead atoms. The van der Waals surface area contributed by atoms with Crippen molar-refractivity contribution in [3.05, 3.63) is 35.6 Å². The first kappa shape index (κ1) is 15.4. The van der Waals surface area contributed by atoms with Crippen LogP contribution in [-0.4, -0.2) is 41.5 Å². The summed E-state index contributed by atoms with van der Waals surface area (Å²) < 4.78 is 13.4. The van der Waals surface area contributed by atoms with Crippen LogP contribution in [0.3, 0.4) is 0 Å². The zero-order valence-corrected chi connectivity index (χ0v) is 11.7. The number of aliphatic carboxylic acids is 1. The molecule has 21 heavy (non-hydrogen) atoms. The van der Waals surface area contributed by atoms with Crippen molar-refractivity contribution >= 4 is 11.9 Å². The van der Waals surface area contributed by atoms with Crippen molar-refractivity contribution in [2.45, 2.75) is 19.4 Å². The first-order valence-corrected chi connectivity index (χ1v) is 7.01. The molecule has 1 aromatic rings. The lowest BCUT2D eigenvalue weighted by Crippen LogP contribution is -2.44. The Morgan fingerprint density at radius 1 is 1.38 bits per heavy atom. The van der Waals surface area contributed by atoms with Gasteiger partial charge in [-0.1, -0.05) is 18.2 Å². The molecule has 2 N–H and O–H groups in total. The first-order chi connectivity index (χ1) is 10.1. The van der Waals surface area contributed by atoms with Gasteiger partial charge in [-0.2, -0.15) is 0 Å². The Hall–Kier alpha value is -1.95. The van der Waals surface area contributed by atoms with E-state index in [2.05, 4.69) is 5.32 Å². The molecular weight excluding hydrogens is 275 g/mol. The molecular formula is C15H19FN2O3. The second kappa shape index (κ2) is 7.17. The standard InChI is InChI=1S/C15H19FN2O3/c16-13-6-2-1-4-11(13)8-17-14(19)10-18-7-3-5-12(9-18)15(20)21/h1-2,4,6,12H,3,5,7-10H2,(H,17,19)(H,20,21). The van der Waals surface area contributed by atoms with E-state index in [4.69, 9.17) is 5.11 Å². The summed E-state index contributed by atoms with van der Waals surface area (Å²) in [6.45, 7) is 1.40. The van der Waals surface area contributed by atoms with Crippen LogP contribution in [0.1, 0.15) is 18.4 Å². The minimum absolute atomic E-state index is 0.141. The number of piperidine rings is 1. The summed E-state index contributed by atoms with van der Waals surface area (Å²) in [5.74, 6) is -1.78. The summed E-state index contributed by atoms with van der Waals surface area (Å²) in [7, 11) is 0. The van der Waals surface area contributed by atoms with Crippen molar-refractivity contribution in [3.63, 3.8) is 0 Å². The van der Waals surface area contributed by atoms with E-state index in [-0.39, 0.29) is 24.8 Å². The van der Waals surface area contributed by atoms with Gasteiger partial charge in [0, 0.05) is 18.7 Å². The smallest absolute Gasteiger partial charge is 0.307 e. The van der Waals surface area contributed by atoms with Gasteiger partial charge in [0.1, 0.15) is 5.82 Å². The molecule has 0 aromatic heterocycles. The van der Waals surface area contributed by atoms with Crippen LogP contribution in [0.4, 0.5) is 4.39 Å². The molecule has 1 amide bonds. The van der Waals surface area contributed by atoms with Gasteiger partial charge in [-0.15, -0.1) is 0 Å². The monoisotopic (exact) mass is 294 g/mol. The highest BCUT2D eigenvalue weighted by Crippen LogP contribution is 2.16. The largest absolute Gasteiger partial charge is 0.481 e. The van der Waals surface area contributed by atoms with E-state index in [1.807, 2.05) is 4.90 Å². The van der Waals surface area contributed by atoms with Crippen molar-refractivity contribution in [1.29, 1.82) is 0 Å². The Morgan fingerprint density at radius 2 is 2.14 bits per heavy atom. The van der Waals surface area contributed by atoms with Crippen LogP contribution >= 0.6 is 0 Å². The van der Waals surface area contributed by atoms with Crippen LogP contribution in [0.2, 0.25) is 0 Å². The number of benzene rings is 1. The summed E-state index contributed by atoms with van der Waals surface area (Å²) in [4.78, 5) is 24.6. The lowest BCUT2D eigenvalue weighted by molar-refractivity contribution is -0.144. The van der Waals surface area contributed by atoms with E-state index in [1.165, 1.54) is 6.07 Å². The highest BCUT2D eigenvalue weighted by atomic mass is 19.1. The van der Waals surface area contributed by atoms with E-state index in [0.29, 0.717) is 18.5 Å². The fourth-order valence-electron chi connectivity index (χ4n) is 2.50. The number of carboxylic acid groups (broad SMARTS) is 1. The van der Waals surface area contributed by atoms with Crippen LogP contribution in [0, 0.1) is 11.7 Å². The Morgan fingerprint density at radius 3 is 2.86 bits per heavy atom. The van der Waals surface area contributed by atoms with Gasteiger partial charge in [-0.3, -0.25) is 14.5 Å². The topological polar surface area (TPSA) is 69.6 Å². The second-order valence-corrected chi connectivity index (χ2v) is 5.28. The van der Waals surface area contributed by atoms with E-state index >= 15 is 0 Å². The SMILES string of the molecule is O=C(CN1CCCC(C(=O)O)C1)NCc1ccccc1F. The molecule has 1 heterocycles. The molecule has 0 aliphatic carbocycles. The number of carbonyl (C=O) groups excluding carboxylic acids is 1. The van der Waals surface area contributed by atoms with E-state index < -0.39 is 11.9 Å². The number of likely N-dealkylation sites (tertiary alicyclic amines) is 1. The molecule has 114 valence electrons. The minimum Gasteiger partial charge on any atom is -0.481 e. The van der Waals surface area contributed by atoms with Crippen LogP contribution in [-0.2, 0) is 16.1 Å². The maximum Gasteiger partial charge on any atom is 0.307 e. The summed E-state index contributed by atoms with van der Waals surface area (Å²) in [6.07, 6.45) is 1.43. The van der Waals surface area contributed by atoms with Gasteiger partial charge in [-0.25, -0.2) is 4.39 Å². The van der Waals surface area contributed by atoms with Gasteiger partial charge in [0.05, 0.1) is 12.5 Å². The Balaban J connectivity index is 1.79. The van der Waals surface area contributed by atoms with Crippen LogP contribution in [0.5, 0.6) is 0 Å². The van der Waals surface area contributed by atoms with Gasteiger partial charge in [-0.05, 0) is 25.5 Å². The fourth-order valence-corrected chi connectivity index (χ4v) is 2.50. The van der Waals surface area contributed by atoms with Crippen molar-refractivity contribution in [1.82, 2.24) is 10.2 Å². The van der Waals surface area contributed by atoms with Gasteiger partial charge in [0.15, 0.2) is 0 Å². The Kier molecular flexibility index (Phi) is 5.27. The normalized spacial score (nSPS) is 19.2. The maximum absolute atomic E-state index is 13.4. The molecule has 5 nitrogen and oxygen atoms in total. The number of hydrogen-bond acceptors (Lipinski definition) is 3. The Bertz CT molecular complexity index is 521. The van der Waals surface area contributed by atoms with E-state index in [0.717, 1.165) is 13.0 Å². The molecule has 1 saturated heterocycles. The number of halogens is 1. The number of carboxylic acids is 1. The zero-order valence-electron chi connectivity index (χ0n) is 11.7. The minimum atomic E-state index is -0.813. The quantitative estimate of drug-likeness (QED) is 0.857.